The number of carbonyl (C=O) groups is 1. The summed E-state index contributed by atoms with van der Waals surface area (Å²) in [5.41, 5.74) is 3.07. The van der Waals surface area contributed by atoms with Gasteiger partial charge in [-0.2, -0.15) is 0 Å². The van der Waals surface area contributed by atoms with E-state index in [-0.39, 0.29) is 23.4 Å². The zero-order valence-corrected chi connectivity index (χ0v) is 18.4. The summed E-state index contributed by atoms with van der Waals surface area (Å²) in [5.74, 6) is 0.847. The van der Waals surface area contributed by atoms with Crippen LogP contribution in [0.4, 0.5) is 5.69 Å². The number of nitrogens with two attached hydrogens (primary N) is 2. The fourth-order valence-corrected chi connectivity index (χ4v) is 3.83. The van der Waals surface area contributed by atoms with Crippen molar-refractivity contribution >= 4 is 21.6 Å². The van der Waals surface area contributed by atoms with E-state index in [0.29, 0.717) is 17.5 Å². The Hall–Kier alpha value is -2.22. The monoisotopic (exact) mass is 418 g/mol. The van der Waals surface area contributed by atoms with Crippen molar-refractivity contribution in [3.05, 3.63) is 59.7 Å². The highest BCUT2D eigenvalue weighted by Crippen LogP contribution is 2.19. The minimum atomic E-state index is -3.74. The molecule has 0 aromatic heterocycles. The van der Waals surface area contributed by atoms with Crippen molar-refractivity contribution in [2.24, 2.45) is 17.0 Å². The number of hydrogen-bond donors (Lipinski definition) is 3. The van der Waals surface area contributed by atoms with Gasteiger partial charge in [0.2, 0.25) is 10.0 Å². The average molecular weight is 419 g/mol. The number of sulfonamides is 1. The van der Waals surface area contributed by atoms with E-state index in [9.17, 15) is 13.2 Å². The molecule has 2 rings (SSSR count). The number of nitrogens with one attached hydrogen (secondary N) is 1. The smallest absolute Gasteiger partial charge is 0.279 e. The first-order valence-corrected chi connectivity index (χ1v) is 11.5. The SMILES string of the molecule is CC(C)Cc1ccc([C@@H]([NH2+]CC(=O)Nc2ccc(S(N)(=O)=O)cc2)C(C)C)cc1. The van der Waals surface area contributed by atoms with E-state index in [4.69, 9.17) is 5.14 Å². The Morgan fingerprint density at radius 2 is 1.59 bits per heavy atom. The summed E-state index contributed by atoms with van der Waals surface area (Å²) in [6.45, 7) is 8.98. The summed E-state index contributed by atoms with van der Waals surface area (Å²) in [4.78, 5) is 12.4. The predicted octanol–water partition coefficient (Wildman–Crippen LogP) is 2.43. The molecule has 0 heterocycles. The summed E-state index contributed by atoms with van der Waals surface area (Å²) < 4.78 is 22.6. The third kappa shape index (κ3) is 7.27. The van der Waals surface area contributed by atoms with Crippen molar-refractivity contribution in [1.82, 2.24) is 0 Å². The summed E-state index contributed by atoms with van der Waals surface area (Å²) in [6.07, 6.45) is 1.06. The molecule has 0 fully saturated rings. The third-order valence-electron chi connectivity index (χ3n) is 4.75. The molecule has 0 radical (unpaired) electrons. The lowest BCUT2D eigenvalue weighted by molar-refractivity contribution is -0.692. The second-order valence-electron chi connectivity index (χ2n) is 8.17. The molecule has 1 amide bonds. The molecule has 2 aromatic carbocycles. The Kier molecular flexibility index (Phi) is 7.96. The van der Waals surface area contributed by atoms with Crippen LogP contribution in [0.2, 0.25) is 0 Å². The molecule has 2 aromatic rings. The maximum Gasteiger partial charge on any atom is 0.279 e. The summed E-state index contributed by atoms with van der Waals surface area (Å²) in [5, 5.41) is 9.91. The van der Waals surface area contributed by atoms with Crippen LogP contribution in [0.1, 0.15) is 44.9 Å². The quantitative estimate of drug-likeness (QED) is 0.582. The number of primary sulfonamides is 1. The first-order valence-electron chi connectivity index (χ1n) is 9.91. The zero-order valence-electron chi connectivity index (χ0n) is 17.6. The zero-order chi connectivity index (χ0) is 21.6. The Morgan fingerprint density at radius 3 is 2.07 bits per heavy atom. The van der Waals surface area contributed by atoms with Crippen LogP contribution in [0, 0.1) is 11.8 Å². The van der Waals surface area contributed by atoms with Gasteiger partial charge < -0.3 is 10.6 Å². The van der Waals surface area contributed by atoms with Crippen molar-refractivity contribution < 1.29 is 18.5 Å². The van der Waals surface area contributed by atoms with Gasteiger partial charge in [-0.1, -0.05) is 52.0 Å². The Morgan fingerprint density at radius 1 is 1.00 bits per heavy atom. The number of quaternary nitrogens is 1. The largest absolute Gasteiger partial charge is 0.332 e. The molecule has 1 atom stereocenters. The first kappa shape index (κ1) is 23.1. The van der Waals surface area contributed by atoms with Crippen LogP contribution in [0.25, 0.3) is 0 Å². The summed E-state index contributed by atoms with van der Waals surface area (Å²) in [6, 6.07) is 14.7. The number of anilines is 1. The van der Waals surface area contributed by atoms with E-state index < -0.39 is 10.0 Å². The standard InChI is InChI=1S/C22H31N3O3S/c1-15(2)13-17-5-7-18(8-6-17)22(16(3)4)24-14-21(26)25-19-9-11-20(12-10-19)29(23,27)28/h5-12,15-16,22,24H,13-14H2,1-4H3,(H,25,26)(H2,23,27,28)/p+1/t22-/m0/s1. The highest BCUT2D eigenvalue weighted by molar-refractivity contribution is 7.89. The lowest BCUT2D eigenvalue weighted by Crippen LogP contribution is -2.88. The van der Waals surface area contributed by atoms with Gasteiger partial charge in [0.1, 0.15) is 6.04 Å². The molecule has 7 heteroatoms. The van der Waals surface area contributed by atoms with Gasteiger partial charge in [-0.3, -0.25) is 4.79 Å². The minimum Gasteiger partial charge on any atom is -0.332 e. The van der Waals surface area contributed by atoms with Gasteiger partial charge in [0, 0.05) is 17.2 Å². The van der Waals surface area contributed by atoms with Crippen LogP contribution in [0.15, 0.2) is 53.4 Å². The van der Waals surface area contributed by atoms with Crippen LogP contribution < -0.4 is 15.8 Å². The van der Waals surface area contributed by atoms with Crippen molar-refractivity contribution in [2.45, 2.75) is 45.1 Å². The van der Waals surface area contributed by atoms with Gasteiger partial charge in [0.25, 0.3) is 5.91 Å². The number of rotatable bonds is 9. The summed E-state index contributed by atoms with van der Waals surface area (Å²) in [7, 11) is -3.74. The highest BCUT2D eigenvalue weighted by Gasteiger charge is 2.20. The second kappa shape index (κ2) is 10.0. The molecule has 0 aliphatic rings. The Balaban J connectivity index is 1.97. The molecule has 0 spiro atoms. The van der Waals surface area contributed by atoms with E-state index in [1.807, 2.05) is 5.32 Å². The van der Waals surface area contributed by atoms with Crippen molar-refractivity contribution in [3.63, 3.8) is 0 Å². The molecular formula is C22H32N3O3S+. The molecule has 6 nitrogen and oxygen atoms in total. The predicted molar refractivity (Wildman–Crippen MR) is 116 cm³/mol. The molecule has 0 saturated carbocycles. The highest BCUT2D eigenvalue weighted by atomic mass is 32.2. The van der Waals surface area contributed by atoms with Gasteiger partial charge in [0.05, 0.1) is 4.90 Å². The lowest BCUT2D eigenvalue weighted by Gasteiger charge is -2.20. The van der Waals surface area contributed by atoms with Gasteiger partial charge in [-0.05, 0) is 42.2 Å². The van der Waals surface area contributed by atoms with Gasteiger partial charge >= 0.3 is 0 Å². The van der Waals surface area contributed by atoms with Crippen LogP contribution in [-0.2, 0) is 21.2 Å². The van der Waals surface area contributed by atoms with Crippen molar-refractivity contribution in [1.29, 1.82) is 0 Å². The molecule has 29 heavy (non-hydrogen) atoms. The molecule has 0 aliphatic carbocycles. The van der Waals surface area contributed by atoms with Gasteiger partial charge in [0.15, 0.2) is 6.54 Å². The van der Waals surface area contributed by atoms with Crippen LogP contribution in [0.5, 0.6) is 0 Å². The fraction of sp³-hybridized carbons (Fsp3) is 0.409. The van der Waals surface area contributed by atoms with E-state index in [1.165, 1.54) is 35.4 Å². The van der Waals surface area contributed by atoms with Gasteiger partial charge in [-0.25, -0.2) is 13.6 Å². The summed E-state index contributed by atoms with van der Waals surface area (Å²) >= 11 is 0. The molecule has 0 aliphatic heterocycles. The number of benzene rings is 2. The number of amides is 1. The Bertz CT molecular complexity index is 905. The molecular weight excluding hydrogens is 386 g/mol. The topological polar surface area (TPSA) is 106 Å². The van der Waals surface area contributed by atoms with Crippen LogP contribution >= 0.6 is 0 Å². The molecule has 0 bridgehead atoms. The minimum absolute atomic E-state index is 0.0165. The first-order chi connectivity index (χ1) is 13.6. The maximum atomic E-state index is 12.3. The lowest BCUT2D eigenvalue weighted by atomic mass is 9.94. The molecule has 158 valence electrons. The van der Waals surface area contributed by atoms with Crippen LogP contribution in [0.3, 0.4) is 0 Å². The van der Waals surface area contributed by atoms with E-state index in [0.717, 1.165) is 6.42 Å². The second-order valence-corrected chi connectivity index (χ2v) is 9.73. The van der Waals surface area contributed by atoms with Gasteiger partial charge in [-0.15, -0.1) is 0 Å². The van der Waals surface area contributed by atoms with Crippen LogP contribution in [-0.4, -0.2) is 20.9 Å². The number of hydrogen-bond acceptors (Lipinski definition) is 3. The van der Waals surface area contributed by atoms with E-state index >= 15 is 0 Å². The fourth-order valence-electron chi connectivity index (χ4n) is 3.31. The van der Waals surface area contributed by atoms with Crippen molar-refractivity contribution in [3.8, 4) is 0 Å². The number of carbonyl (C=O) groups excluding carboxylic acids is 1. The van der Waals surface area contributed by atoms with E-state index in [2.05, 4.69) is 57.3 Å². The average Bonchev–Trinajstić information content (AvgIpc) is 2.62. The van der Waals surface area contributed by atoms with Crippen molar-refractivity contribution in [2.75, 3.05) is 11.9 Å². The molecule has 5 N–H and O–H groups in total. The maximum absolute atomic E-state index is 12.3. The third-order valence-corrected chi connectivity index (χ3v) is 5.68. The molecule has 0 saturated heterocycles. The molecule has 0 unspecified atom stereocenters. The van der Waals surface area contributed by atoms with E-state index in [1.54, 1.807) is 0 Å². The Labute approximate surface area is 173 Å². The normalized spacial score (nSPS) is 12.9.